The van der Waals surface area contributed by atoms with Crippen LogP contribution in [0.5, 0.6) is 0 Å². The van der Waals surface area contributed by atoms with E-state index in [0.29, 0.717) is 17.4 Å². The van der Waals surface area contributed by atoms with Gasteiger partial charge < -0.3 is 16.0 Å². The van der Waals surface area contributed by atoms with Crippen molar-refractivity contribution in [3.05, 3.63) is 36.2 Å². The third-order valence-electron chi connectivity index (χ3n) is 3.77. The molecular weight excluding hydrogens is 274 g/mol. The van der Waals surface area contributed by atoms with E-state index >= 15 is 0 Å². The minimum atomic E-state index is 0.521. The summed E-state index contributed by atoms with van der Waals surface area (Å²) in [6, 6.07) is 8.34. The fourth-order valence-electron chi connectivity index (χ4n) is 2.35. The van der Waals surface area contributed by atoms with Gasteiger partial charge in [0.25, 0.3) is 0 Å². The summed E-state index contributed by atoms with van der Waals surface area (Å²) < 4.78 is 0. The molecule has 0 bridgehead atoms. The zero-order chi connectivity index (χ0) is 16.1. The molecular formula is C17H25N5. The minimum Gasteiger partial charge on any atom is -0.393 e. The molecule has 0 spiro atoms. The third-order valence-corrected chi connectivity index (χ3v) is 3.77. The van der Waals surface area contributed by atoms with E-state index < -0.39 is 0 Å². The molecule has 2 rings (SSSR count). The first-order valence-electron chi connectivity index (χ1n) is 7.79. The fourth-order valence-corrected chi connectivity index (χ4v) is 2.35. The van der Waals surface area contributed by atoms with Crippen molar-refractivity contribution in [2.45, 2.75) is 33.6 Å². The molecule has 0 amide bonds. The molecule has 118 valence electrons. The van der Waals surface area contributed by atoms with Crippen LogP contribution < -0.4 is 16.0 Å². The number of nitrogen functional groups attached to an aromatic ring is 1. The second-order valence-corrected chi connectivity index (χ2v) is 5.53. The molecule has 1 aromatic carbocycles. The first-order valence-corrected chi connectivity index (χ1v) is 7.79. The topological polar surface area (TPSA) is 67.1 Å². The molecule has 0 aliphatic rings. The molecule has 5 nitrogen and oxygen atoms in total. The van der Waals surface area contributed by atoms with Gasteiger partial charge in [0.2, 0.25) is 0 Å². The van der Waals surface area contributed by atoms with Gasteiger partial charge in [0.15, 0.2) is 11.6 Å². The van der Waals surface area contributed by atoms with Crippen molar-refractivity contribution in [2.75, 3.05) is 29.0 Å². The molecule has 0 radical (unpaired) electrons. The molecule has 22 heavy (non-hydrogen) atoms. The number of anilines is 4. The van der Waals surface area contributed by atoms with Crippen LogP contribution in [0.25, 0.3) is 0 Å². The van der Waals surface area contributed by atoms with Gasteiger partial charge in [-0.25, -0.2) is 9.97 Å². The number of nitrogens with two attached hydrogens (primary N) is 1. The molecule has 1 aromatic heterocycles. The quantitative estimate of drug-likeness (QED) is 0.850. The minimum absolute atomic E-state index is 0.521. The number of aromatic nitrogens is 2. The molecule has 3 N–H and O–H groups in total. The standard InChI is InChI=1S/C17H25N5/c1-5-22(6-2)17-15(18)16(19-11-20-17)21-14-9-7-13(8-10-14)12(3)4/h7-12H,5-6,18H2,1-4H3,(H,19,20,21). The highest BCUT2D eigenvalue weighted by Crippen LogP contribution is 2.28. The van der Waals surface area contributed by atoms with E-state index in [-0.39, 0.29) is 0 Å². The van der Waals surface area contributed by atoms with Crippen molar-refractivity contribution in [3.63, 3.8) is 0 Å². The van der Waals surface area contributed by atoms with E-state index in [9.17, 15) is 0 Å². The van der Waals surface area contributed by atoms with E-state index in [1.807, 2.05) is 12.1 Å². The second kappa shape index (κ2) is 7.11. The maximum Gasteiger partial charge on any atom is 0.159 e. The normalized spacial score (nSPS) is 10.8. The van der Waals surface area contributed by atoms with Crippen LogP contribution in [-0.2, 0) is 0 Å². The van der Waals surface area contributed by atoms with Crippen LogP contribution in [0.1, 0.15) is 39.2 Å². The second-order valence-electron chi connectivity index (χ2n) is 5.53. The molecule has 0 aliphatic carbocycles. The van der Waals surface area contributed by atoms with Crippen molar-refractivity contribution in [1.29, 1.82) is 0 Å². The smallest absolute Gasteiger partial charge is 0.159 e. The average molecular weight is 299 g/mol. The lowest BCUT2D eigenvalue weighted by Gasteiger charge is -2.22. The summed E-state index contributed by atoms with van der Waals surface area (Å²) in [6.07, 6.45) is 1.55. The number of hydrogen-bond acceptors (Lipinski definition) is 5. The van der Waals surface area contributed by atoms with Gasteiger partial charge in [-0.2, -0.15) is 0 Å². The van der Waals surface area contributed by atoms with Crippen LogP contribution in [0.2, 0.25) is 0 Å². The maximum atomic E-state index is 6.23. The lowest BCUT2D eigenvalue weighted by atomic mass is 10.0. The van der Waals surface area contributed by atoms with Gasteiger partial charge in [-0.15, -0.1) is 0 Å². The number of benzene rings is 1. The van der Waals surface area contributed by atoms with Crippen molar-refractivity contribution in [3.8, 4) is 0 Å². The van der Waals surface area contributed by atoms with Crippen LogP contribution >= 0.6 is 0 Å². The summed E-state index contributed by atoms with van der Waals surface area (Å²) >= 11 is 0. The summed E-state index contributed by atoms with van der Waals surface area (Å²) in [5.41, 5.74) is 9.10. The largest absolute Gasteiger partial charge is 0.393 e. The number of nitrogens with zero attached hydrogens (tertiary/aromatic N) is 3. The Morgan fingerprint density at radius 1 is 1.09 bits per heavy atom. The highest BCUT2D eigenvalue weighted by molar-refractivity contribution is 5.78. The zero-order valence-electron chi connectivity index (χ0n) is 13.8. The third kappa shape index (κ3) is 3.47. The summed E-state index contributed by atoms with van der Waals surface area (Å²) in [5, 5.41) is 3.28. The number of hydrogen-bond donors (Lipinski definition) is 2. The summed E-state index contributed by atoms with van der Waals surface area (Å²) in [6.45, 7) is 10.3. The first-order chi connectivity index (χ1) is 10.6. The van der Waals surface area contributed by atoms with Crippen LogP contribution in [0, 0.1) is 0 Å². The Morgan fingerprint density at radius 3 is 2.27 bits per heavy atom. The van der Waals surface area contributed by atoms with Gasteiger partial charge >= 0.3 is 0 Å². The highest BCUT2D eigenvalue weighted by atomic mass is 15.2. The Kier molecular flexibility index (Phi) is 5.20. The summed E-state index contributed by atoms with van der Waals surface area (Å²) in [7, 11) is 0. The van der Waals surface area contributed by atoms with Gasteiger partial charge in [-0.1, -0.05) is 26.0 Å². The van der Waals surface area contributed by atoms with Crippen molar-refractivity contribution in [2.24, 2.45) is 0 Å². The fraction of sp³-hybridized carbons (Fsp3) is 0.412. The molecule has 0 aliphatic heterocycles. The van der Waals surface area contributed by atoms with Gasteiger partial charge in [-0.05, 0) is 37.5 Å². The first kappa shape index (κ1) is 16.1. The van der Waals surface area contributed by atoms with Crippen molar-refractivity contribution in [1.82, 2.24) is 9.97 Å². The Balaban J connectivity index is 2.24. The van der Waals surface area contributed by atoms with E-state index in [2.05, 4.69) is 60.0 Å². The highest BCUT2D eigenvalue weighted by Gasteiger charge is 2.12. The summed E-state index contributed by atoms with van der Waals surface area (Å²) in [4.78, 5) is 10.7. The Morgan fingerprint density at radius 2 is 1.73 bits per heavy atom. The van der Waals surface area contributed by atoms with E-state index in [1.54, 1.807) is 6.33 Å². The van der Waals surface area contributed by atoms with Crippen molar-refractivity contribution < 1.29 is 0 Å². The SMILES string of the molecule is CCN(CC)c1ncnc(Nc2ccc(C(C)C)cc2)c1N. The molecule has 0 fully saturated rings. The van der Waals surface area contributed by atoms with Gasteiger partial charge in [0.05, 0.1) is 0 Å². The predicted octanol–water partition coefficient (Wildman–Crippen LogP) is 3.77. The molecule has 1 heterocycles. The van der Waals surface area contributed by atoms with Gasteiger partial charge in [-0.3, -0.25) is 0 Å². The lowest BCUT2D eigenvalue weighted by Crippen LogP contribution is -2.24. The van der Waals surface area contributed by atoms with Crippen LogP contribution in [0.4, 0.5) is 23.0 Å². The maximum absolute atomic E-state index is 6.23. The van der Waals surface area contributed by atoms with Crippen molar-refractivity contribution >= 4 is 23.0 Å². The number of nitrogens with one attached hydrogen (secondary N) is 1. The molecule has 2 aromatic rings. The van der Waals surface area contributed by atoms with E-state index in [0.717, 1.165) is 24.6 Å². The van der Waals surface area contributed by atoms with E-state index in [4.69, 9.17) is 5.73 Å². The predicted molar refractivity (Wildman–Crippen MR) is 93.8 cm³/mol. The van der Waals surface area contributed by atoms with Crippen LogP contribution in [-0.4, -0.2) is 23.1 Å². The zero-order valence-corrected chi connectivity index (χ0v) is 13.8. The van der Waals surface area contributed by atoms with Crippen LogP contribution in [0.15, 0.2) is 30.6 Å². The van der Waals surface area contributed by atoms with Crippen LogP contribution in [0.3, 0.4) is 0 Å². The monoisotopic (exact) mass is 299 g/mol. The Bertz CT molecular complexity index is 603. The number of rotatable bonds is 6. The molecule has 0 saturated carbocycles. The van der Waals surface area contributed by atoms with Gasteiger partial charge in [0.1, 0.15) is 12.0 Å². The molecule has 0 atom stereocenters. The molecule has 0 unspecified atom stereocenters. The average Bonchev–Trinajstić information content (AvgIpc) is 2.52. The molecule has 0 saturated heterocycles. The van der Waals surface area contributed by atoms with Gasteiger partial charge in [0, 0.05) is 18.8 Å². The lowest BCUT2D eigenvalue weighted by molar-refractivity contribution is 0.844. The Labute approximate surface area is 132 Å². The molecule has 5 heteroatoms. The Hall–Kier alpha value is -2.30. The van der Waals surface area contributed by atoms with E-state index in [1.165, 1.54) is 5.56 Å². The summed E-state index contributed by atoms with van der Waals surface area (Å²) in [5.74, 6) is 1.95.